The van der Waals surface area contributed by atoms with Crippen molar-refractivity contribution in [2.75, 3.05) is 53.0 Å². The van der Waals surface area contributed by atoms with E-state index in [9.17, 15) is 19.5 Å². The number of carbonyl (C=O) groups excluding carboxylic acids is 3. The van der Waals surface area contributed by atoms with Crippen LogP contribution in [0.2, 0.25) is 0 Å². The smallest absolute Gasteiger partial charge is 0.249 e. The number of fused-ring (bicyclic) bond motifs is 3. The number of ether oxygens (including phenoxy) is 2. The Bertz CT molecular complexity index is 909. The predicted octanol–water partition coefficient (Wildman–Crippen LogP) is 1.28. The third-order valence-corrected chi connectivity index (χ3v) is 7.45. The van der Waals surface area contributed by atoms with Gasteiger partial charge in [0, 0.05) is 51.8 Å². The number of methoxy groups -OCH3 is 1. The van der Waals surface area contributed by atoms with E-state index in [1.54, 1.807) is 4.90 Å². The van der Waals surface area contributed by atoms with Gasteiger partial charge in [0.25, 0.3) is 0 Å². The van der Waals surface area contributed by atoms with E-state index in [1.807, 2.05) is 29.2 Å². The lowest BCUT2D eigenvalue weighted by Gasteiger charge is -2.39. The van der Waals surface area contributed by atoms with Gasteiger partial charge >= 0.3 is 0 Å². The van der Waals surface area contributed by atoms with E-state index in [-0.39, 0.29) is 49.3 Å². The van der Waals surface area contributed by atoms with E-state index in [1.165, 1.54) is 12.0 Å². The number of benzene rings is 1. The Morgan fingerprint density at radius 2 is 1.89 bits per heavy atom. The minimum atomic E-state index is -0.424. The predicted molar refractivity (Wildman–Crippen MR) is 128 cm³/mol. The molecule has 3 aliphatic heterocycles. The Balaban J connectivity index is 1.50. The van der Waals surface area contributed by atoms with E-state index < -0.39 is 6.10 Å². The zero-order valence-corrected chi connectivity index (χ0v) is 20.6. The quantitative estimate of drug-likeness (QED) is 0.687. The second kappa shape index (κ2) is 11.9. The highest BCUT2D eigenvalue weighted by Crippen LogP contribution is 2.32. The fourth-order valence-electron chi connectivity index (χ4n) is 5.44. The van der Waals surface area contributed by atoms with E-state index in [4.69, 9.17) is 9.47 Å². The highest BCUT2D eigenvalue weighted by molar-refractivity contribution is 5.85. The SMILES string of the molecule is COCC(=O)N1CC(=O)N2CC[C@@H](CC(=O)N3CC[C@@H](O)C3)[C@@H](CCCOc3ccccc3C1)C2. The number of rotatable bonds is 4. The van der Waals surface area contributed by atoms with E-state index in [0.717, 1.165) is 30.6 Å². The molecule has 4 rings (SSSR count). The lowest BCUT2D eigenvalue weighted by molar-refractivity contribution is -0.145. The molecule has 35 heavy (non-hydrogen) atoms. The van der Waals surface area contributed by atoms with Crippen molar-refractivity contribution in [2.24, 2.45) is 11.8 Å². The van der Waals surface area contributed by atoms with Gasteiger partial charge in [-0.3, -0.25) is 14.4 Å². The Kier molecular flexibility index (Phi) is 8.62. The first-order valence-electron chi connectivity index (χ1n) is 12.7. The molecule has 2 fully saturated rings. The van der Waals surface area contributed by atoms with Crippen LogP contribution in [0, 0.1) is 11.8 Å². The average Bonchev–Trinajstić information content (AvgIpc) is 3.29. The maximum Gasteiger partial charge on any atom is 0.249 e. The topological polar surface area (TPSA) is 99.6 Å². The summed E-state index contributed by atoms with van der Waals surface area (Å²) in [6, 6.07) is 7.61. The van der Waals surface area contributed by atoms with Gasteiger partial charge in [-0.25, -0.2) is 0 Å². The molecule has 0 radical (unpaired) electrons. The van der Waals surface area contributed by atoms with Gasteiger partial charge in [-0.2, -0.15) is 0 Å². The molecular weight excluding hydrogens is 450 g/mol. The van der Waals surface area contributed by atoms with Crippen LogP contribution in [0.3, 0.4) is 0 Å². The summed E-state index contributed by atoms with van der Waals surface area (Å²) in [5, 5.41) is 9.80. The maximum absolute atomic E-state index is 13.3. The third-order valence-electron chi connectivity index (χ3n) is 7.45. The lowest BCUT2D eigenvalue weighted by Crippen LogP contribution is -2.49. The number of likely N-dealkylation sites (tertiary alicyclic amines) is 1. The zero-order chi connectivity index (χ0) is 24.8. The molecule has 0 saturated carbocycles. The number of β-amino-alcohol motifs (C(OH)–C–C–N with tert-alkyl or cyclic N) is 1. The van der Waals surface area contributed by atoms with Gasteiger partial charge in [0.05, 0.1) is 12.7 Å². The molecule has 3 atom stereocenters. The van der Waals surface area contributed by atoms with Gasteiger partial charge in [0.15, 0.2) is 0 Å². The molecule has 1 aromatic carbocycles. The molecule has 2 saturated heterocycles. The fourth-order valence-corrected chi connectivity index (χ4v) is 5.44. The Labute approximate surface area is 206 Å². The number of aliphatic hydroxyl groups excluding tert-OH is 1. The number of carbonyl (C=O) groups is 3. The first-order valence-corrected chi connectivity index (χ1v) is 12.7. The highest BCUT2D eigenvalue weighted by atomic mass is 16.5. The van der Waals surface area contributed by atoms with Crippen LogP contribution in [0.25, 0.3) is 0 Å². The van der Waals surface area contributed by atoms with Crippen LogP contribution in [0.4, 0.5) is 0 Å². The molecule has 9 heteroatoms. The van der Waals surface area contributed by atoms with Crippen LogP contribution < -0.4 is 4.74 Å². The monoisotopic (exact) mass is 487 g/mol. The molecule has 0 spiro atoms. The van der Waals surface area contributed by atoms with Crippen molar-refractivity contribution in [3.05, 3.63) is 29.8 Å². The van der Waals surface area contributed by atoms with Crippen molar-refractivity contribution in [3.63, 3.8) is 0 Å². The van der Waals surface area contributed by atoms with E-state index in [0.29, 0.717) is 45.6 Å². The number of hydrogen-bond donors (Lipinski definition) is 1. The van der Waals surface area contributed by atoms with Crippen LogP contribution in [-0.2, 0) is 25.7 Å². The van der Waals surface area contributed by atoms with Crippen LogP contribution >= 0.6 is 0 Å². The number of hydrogen-bond acceptors (Lipinski definition) is 6. The second-order valence-electron chi connectivity index (χ2n) is 9.92. The molecule has 1 aromatic rings. The molecule has 3 aliphatic rings. The van der Waals surface area contributed by atoms with Crippen molar-refractivity contribution in [1.29, 1.82) is 0 Å². The van der Waals surface area contributed by atoms with Gasteiger partial charge in [-0.1, -0.05) is 18.2 Å². The summed E-state index contributed by atoms with van der Waals surface area (Å²) < 4.78 is 11.1. The highest BCUT2D eigenvalue weighted by Gasteiger charge is 2.35. The summed E-state index contributed by atoms with van der Waals surface area (Å²) in [4.78, 5) is 44.1. The normalized spacial score (nSPS) is 25.7. The standard InChI is InChI=1S/C26H37N3O6/c1-34-18-26(33)29-15-21-5-2-3-7-23(21)35-12-4-6-20-14-27(25(32)17-29)10-8-19(20)13-24(31)28-11-9-22(30)16-28/h2-3,5,7,19-20,22,30H,4,6,8-18H2,1H3/t19-,20-,22+/m0/s1. The largest absolute Gasteiger partial charge is 0.493 e. The number of nitrogens with zero attached hydrogens (tertiary/aromatic N) is 3. The molecule has 0 aromatic heterocycles. The Morgan fingerprint density at radius 3 is 2.66 bits per heavy atom. The molecule has 1 N–H and O–H groups in total. The van der Waals surface area contributed by atoms with Crippen LogP contribution in [0.15, 0.2) is 24.3 Å². The van der Waals surface area contributed by atoms with E-state index >= 15 is 0 Å². The lowest BCUT2D eigenvalue weighted by atomic mass is 9.80. The molecule has 192 valence electrons. The summed E-state index contributed by atoms with van der Waals surface area (Å²) in [5.74, 6) is 0.868. The molecular formula is C26H37N3O6. The summed E-state index contributed by atoms with van der Waals surface area (Å²) in [6.45, 7) is 2.90. The van der Waals surface area contributed by atoms with Gasteiger partial charge in [-0.05, 0) is 43.6 Å². The van der Waals surface area contributed by atoms with Crippen LogP contribution in [-0.4, -0.2) is 96.7 Å². The first-order chi connectivity index (χ1) is 16.9. The van der Waals surface area contributed by atoms with Crippen molar-refractivity contribution in [1.82, 2.24) is 14.7 Å². The van der Waals surface area contributed by atoms with E-state index in [2.05, 4.69) is 0 Å². The molecule has 9 nitrogen and oxygen atoms in total. The zero-order valence-electron chi connectivity index (χ0n) is 20.6. The van der Waals surface area contributed by atoms with Gasteiger partial charge in [-0.15, -0.1) is 0 Å². The number of para-hydroxylation sites is 1. The van der Waals surface area contributed by atoms with Crippen molar-refractivity contribution >= 4 is 17.7 Å². The van der Waals surface area contributed by atoms with Crippen molar-refractivity contribution in [2.45, 2.75) is 44.8 Å². The van der Waals surface area contributed by atoms with Crippen LogP contribution in [0.1, 0.15) is 37.7 Å². The summed E-state index contributed by atoms with van der Waals surface area (Å²) in [7, 11) is 1.47. The Hall–Kier alpha value is -2.65. The van der Waals surface area contributed by atoms with Gasteiger partial charge in [0.1, 0.15) is 18.9 Å². The third kappa shape index (κ3) is 6.52. The maximum atomic E-state index is 13.3. The molecule has 3 heterocycles. The van der Waals surface area contributed by atoms with Crippen molar-refractivity contribution < 1.29 is 29.0 Å². The van der Waals surface area contributed by atoms with Crippen molar-refractivity contribution in [3.8, 4) is 5.75 Å². The summed E-state index contributed by atoms with van der Waals surface area (Å²) in [6.07, 6.45) is 3.10. The minimum absolute atomic E-state index is 0.0154. The molecule has 0 aliphatic carbocycles. The van der Waals surface area contributed by atoms with Gasteiger partial charge < -0.3 is 29.3 Å². The molecule has 0 unspecified atom stereocenters. The van der Waals surface area contributed by atoms with Crippen LogP contribution in [0.5, 0.6) is 5.75 Å². The summed E-state index contributed by atoms with van der Waals surface area (Å²) >= 11 is 0. The number of piperidine rings is 1. The number of aliphatic hydroxyl groups is 1. The summed E-state index contributed by atoms with van der Waals surface area (Å²) in [5.41, 5.74) is 0.859. The fraction of sp³-hybridized carbons (Fsp3) is 0.654. The number of amides is 3. The Morgan fingerprint density at radius 1 is 1.06 bits per heavy atom. The van der Waals surface area contributed by atoms with Gasteiger partial charge in [0.2, 0.25) is 17.7 Å². The molecule has 3 amide bonds. The molecule has 2 bridgehead atoms. The second-order valence-corrected chi connectivity index (χ2v) is 9.92. The minimum Gasteiger partial charge on any atom is -0.493 e. The first kappa shape index (κ1) is 25.4. The average molecular weight is 488 g/mol.